The van der Waals surface area contributed by atoms with Gasteiger partial charge in [-0.1, -0.05) is 25.4 Å². The maximum absolute atomic E-state index is 13.3. The van der Waals surface area contributed by atoms with Crippen LogP contribution in [0.15, 0.2) is 48.5 Å². The number of hydrogen-bond acceptors (Lipinski definition) is 3. The molecule has 4 nitrogen and oxygen atoms in total. The van der Waals surface area contributed by atoms with E-state index in [4.69, 9.17) is 20.9 Å². The van der Waals surface area contributed by atoms with Crippen molar-refractivity contribution in [3.8, 4) is 11.5 Å². The number of halogens is 1. The highest BCUT2D eigenvalue weighted by Crippen LogP contribution is 2.45. The summed E-state index contributed by atoms with van der Waals surface area (Å²) in [6.07, 6.45) is 1.89. The first-order valence-corrected chi connectivity index (χ1v) is 10.5. The molecule has 2 aromatic carbocycles. The zero-order valence-electron chi connectivity index (χ0n) is 14.4. The summed E-state index contributed by atoms with van der Waals surface area (Å²) in [5, 5.41) is 4.60. The Morgan fingerprint density at radius 3 is 2.32 bits per heavy atom. The Labute approximate surface area is 154 Å². The summed E-state index contributed by atoms with van der Waals surface area (Å²) in [7, 11) is -3.05. The maximum atomic E-state index is 13.3. The van der Waals surface area contributed by atoms with Crippen molar-refractivity contribution in [3.63, 3.8) is 0 Å². The van der Waals surface area contributed by atoms with Crippen molar-refractivity contribution in [2.24, 2.45) is 5.92 Å². The SMILES string of the molecule is CC(C)C1CCCOP(=O)(c2ccc(Oc3ccc(Cl)cc3)cc2)N1. The number of ether oxygens (including phenoxy) is 1. The van der Waals surface area contributed by atoms with Crippen molar-refractivity contribution in [2.75, 3.05) is 6.61 Å². The van der Waals surface area contributed by atoms with E-state index in [0.29, 0.717) is 34.4 Å². The molecule has 6 heteroatoms. The number of benzene rings is 2. The lowest BCUT2D eigenvalue weighted by molar-refractivity contribution is 0.319. The summed E-state index contributed by atoms with van der Waals surface area (Å²) < 4.78 is 24.8. The molecule has 2 unspecified atom stereocenters. The largest absolute Gasteiger partial charge is 0.457 e. The van der Waals surface area contributed by atoms with Crippen LogP contribution in [0.25, 0.3) is 0 Å². The molecular weight excluding hydrogens is 357 g/mol. The van der Waals surface area contributed by atoms with Crippen molar-refractivity contribution >= 4 is 24.4 Å². The molecule has 1 saturated heterocycles. The van der Waals surface area contributed by atoms with Crippen molar-refractivity contribution in [1.29, 1.82) is 0 Å². The molecule has 3 rings (SSSR count). The van der Waals surface area contributed by atoms with Gasteiger partial charge in [0.25, 0.3) is 7.52 Å². The lowest BCUT2D eigenvalue weighted by Crippen LogP contribution is -2.33. The van der Waals surface area contributed by atoms with Crippen LogP contribution in [0.3, 0.4) is 0 Å². The Morgan fingerprint density at radius 1 is 1.12 bits per heavy atom. The second kappa shape index (κ2) is 7.92. The van der Waals surface area contributed by atoms with Crippen molar-refractivity contribution in [1.82, 2.24) is 5.09 Å². The van der Waals surface area contributed by atoms with Crippen molar-refractivity contribution < 1.29 is 13.8 Å². The molecule has 0 amide bonds. The third kappa shape index (κ3) is 4.65. The zero-order valence-corrected chi connectivity index (χ0v) is 16.1. The van der Waals surface area contributed by atoms with Gasteiger partial charge in [-0.25, -0.2) is 5.09 Å². The molecule has 1 heterocycles. The Hall–Kier alpha value is -1.32. The predicted octanol–water partition coefficient (Wildman–Crippen LogP) is 5.38. The second-order valence-electron chi connectivity index (χ2n) is 6.56. The molecule has 1 N–H and O–H groups in total. The van der Waals surface area contributed by atoms with Gasteiger partial charge in [-0.3, -0.25) is 4.57 Å². The van der Waals surface area contributed by atoms with Crippen molar-refractivity contribution in [3.05, 3.63) is 53.6 Å². The quantitative estimate of drug-likeness (QED) is 0.725. The standard InChI is InChI=1S/C19H23ClNO3P/c1-14(2)19-4-3-13-23-25(22,21-19)18-11-9-17(10-12-18)24-16-7-5-15(20)6-8-16/h5-12,14,19H,3-4,13H2,1-2H3,(H,21,22). The lowest BCUT2D eigenvalue weighted by Gasteiger charge is -2.25. The molecule has 0 aliphatic carbocycles. The van der Waals surface area contributed by atoms with E-state index in [2.05, 4.69) is 18.9 Å². The maximum Gasteiger partial charge on any atom is 0.299 e. The molecule has 134 valence electrons. The van der Waals surface area contributed by atoms with E-state index in [1.54, 1.807) is 12.1 Å². The Bertz CT molecular complexity index is 746. The topological polar surface area (TPSA) is 47.6 Å². The Kier molecular flexibility index (Phi) is 5.85. The summed E-state index contributed by atoms with van der Waals surface area (Å²) in [4.78, 5) is 0. The average Bonchev–Trinajstić information content (AvgIpc) is 2.80. The molecule has 2 aromatic rings. The molecule has 1 fully saturated rings. The van der Waals surface area contributed by atoms with Crippen LogP contribution in [0.2, 0.25) is 5.02 Å². The van der Waals surface area contributed by atoms with Gasteiger partial charge in [0.1, 0.15) is 11.5 Å². The van der Waals surface area contributed by atoms with Crippen LogP contribution in [0.4, 0.5) is 0 Å². The fourth-order valence-electron chi connectivity index (χ4n) is 2.80. The zero-order chi connectivity index (χ0) is 17.9. The molecule has 25 heavy (non-hydrogen) atoms. The third-order valence-corrected chi connectivity index (χ3v) is 6.75. The highest BCUT2D eigenvalue weighted by Gasteiger charge is 2.32. The van der Waals surface area contributed by atoms with Crippen molar-refractivity contribution in [2.45, 2.75) is 32.7 Å². The van der Waals surface area contributed by atoms with Gasteiger partial charge in [-0.2, -0.15) is 0 Å². The number of hydrogen-bond donors (Lipinski definition) is 1. The first kappa shape index (κ1) is 18.5. The molecule has 1 aliphatic rings. The molecular formula is C19H23ClNO3P. The summed E-state index contributed by atoms with van der Waals surface area (Å²) in [5.41, 5.74) is 0. The first-order valence-electron chi connectivity index (χ1n) is 8.53. The minimum absolute atomic E-state index is 0.193. The molecule has 0 bridgehead atoms. The average molecular weight is 380 g/mol. The van der Waals surface area contributed by atoms with Gasteiger partial charge in [0.05, 0.1) is 11.9 Å². The summed E-state index contributed by atoms with van der Waals surface area (Å²) in [5.74, 6) is 1.78. The summed E-state index contributed by atoms with van der Waals surface area (Å²) in [6, 6.07) is 14.6. The smallest absolute Gasteiger partial charge is 0.299 e. The number of nitrogens with one attached hydrogen (secondary N) is 1. The monoisotopic (exact) mass is 379 g/mol. The molecule has 1 aliphatic heterocycles. The predicted molar refractivity (Wildman–Crippen MR) is 102 cm³/mol. The summed E-state index contributed by atoms with van der Waals surface area (Å²) in [6.45, 7) is 4.78. The highest BCUT2D eigenvalue weighted by atomic mass is 35.5. The van der Waals surface area contributed by atoms with Crippen LogP contribution >= 0.6 is 19.1 Å². The molecule has 0 aromatic heterocycles. The fraction of sp³-hybridized carbons (Fsp3) is 0.368. The van der Waals surface area contributed by atoms with Gasteiger partial charge >= 0.3 is 0 Å². The van der Waals surface area contributed by atoms with Gasteiger partial charge in [-0.05, 0) is 67.3 Å². The fourth-order valence-corrected chi connectivity index (χ4v) is 5.09. The van der Waals surface area contributed by atoms with E-state index < -0.39 is 7.52 Å². The summed E-state index contributed by atoms with van der Waals surface area (Å²) >= 11 is 5.88. The van der Waals surface area contributed by atoms with Crippen LogP contribution in [-0.4, -0.2) is 12.6 Å². The lowest BCUT2D eigenvalue weighted by atomic mass is 10.0. The molecule has 0 saturated carbocycles. The second-order valence-corrected chi connectivity index (χ2v) is 9.13. The van der Waals surface area contributed by atoms with E-state index in [1.165, 1.54) is 0 Å². The van der Waals surface area contributed by atoms with E-state index >= 15 is 0 Å². The minimum Gasteiger partial charge on any atom is -0.457 e. The Morgan fingerprint density at radius 2 is 1.72 bits per heavy atom. The van der Waals surface area contributed by atoms with Crippen LogP contribution in [-0.2, 0) is 9.09 Å². The van der Waals surface area contributed by atoms with Gasteiger partial charge in [0.15, 0.2) is 0 Å². The molecule has 0 radical (unpaired) electrons. The van der Waals surface area contributed by atoms with E-state index in [1.807, 2.05) is 36.4 Å². The van der Waals surface area contributed by atoms with E-state index in [0.717, 1.165) is 12.8 Å². The van der Waals surface area contributed by atoms with E-state index in [-0.39, 0.29) is 6.04 Å². The molecule has 0 spiro atoms. The van der Waals surface area contributed by atoms with Crippen LogP contribution < -0.4 is 15.1 Å². The van der Waals surface area contributed by atoms with Crippen LogP contribution in [0, 0.1) is 5.92 Å². The van der Waals surface area contributed by atoms with Gasteiger partial charge in [-0.15, -0.1) is 0 Å². The normalized spacial score (nSPS) is 24.1. The third-order valence-electron chi connectivity index (χ3n) is 4.30. The first-order chi connectivity index (χ1) is 12.0. The molecule has 2 atom stereocenters. The van der Waals surface area contributed by atoms with Gasteiger partial charge < -0.3 is 9.26 Å². The number of rotatable bonds is 4. The van der Waals surface area contributed by atoms with Gasteiger partial charge in [0, 0.05) is 11.1 Å². The van der Waals surface area contributed by atoms with Crippen LogP contribution in [0.1, 0.15) is 26.7 Å². The van der Waals surface area contributed by atoms with Gasteiger partial charge in [0.2, 0.25) is 0 Å². The highest BCUT2D eigenvalue weighted by molar-refractivity contribution is 7.65. The minimum atomic E-state index is -3.05. The van der Waals surface area contributed by atoms with Crippen LogP contribution in [0.5, 0.6) is 11.5 Å². The van der Waals surface area contributed by atoms with E-state index in [9.17, 15) is 4.57 Å². The Balaban J connectivity index is 1.76.